The molecule has 4 heterocycles. The molecule has 0 radical (unpaired) electrons. The van der Waals surface area contributed by atoms with Crippen molar-refractivity contribution in [2.45, 2.75) is 19.5 Å². The fourth-order valence-electron chi connectivity index (χ4n) is 5.22. The fraction of sp³-hybridized carbons (Fsp3) is 0.214. The summed E-state index contributed by atoms with van der Waals surface area (Å²) in [5.41, 5.74) is 3.80. The summed E-state index contributed by atoms with van der Waals surface area (Å²) in [6, 6.07) is 15.7. The highest BCUT2D eigenvalue weighted by molar-refractivity contribution is 6.46. The van der Waals surface area contributed by atoms with Gasteiger partial charge in [0.1, 0.15) is 23.9 Å². The van der Waals surface area contributed by atoms with E-state index in [1.165, 1.54) is 11.2 Å². The number of aryl methyl sites for hydroxylation is 1. The largest absolute Gasteiger partial charge is 0.507 e. The number of hydrogen-bond donors (Lipinski definition) is 2. The van der Waals surface area contributed by atoms with E-state index in [0.717, 1.165) is 27.8 Å². The third-order valence-corrected chi connectivity index (χ3v) is 6.99. The molecule has 1 atom stereocenters. The number of hydrogen-bond acceptors (Lipinski definition) is 6. The van der Waals surface area contributed by atoms with E-state index in [4.69, 9.17) is 9.15 Å². The number of para-hydroxylation sites is 1. The Morgan fingerprint density at radius 2 is 1.97 bits per heavy atom. The highest BCUT2D eigenvalue weighted by Crippen LogP contribution is 2.45. The lowest BCUT2D eigenvalue weighted by molar-refractivity contribution is -0.140. The summed E-state index contributed by atoms with van der Waals surface area (Å²) in [5, 5.41) is 12.4. The van der Waals surface area contributed by atoms with Gasteiger partial charge in [-0.05, 0) is 43.3 Å². The normalized spacial score (nSPS) is 19.1. The van der Waals surface area contributed by atoms with Crippen LogP contribution in [-0.4, -0.2) is 46.9 Å². The number of furan rings is 1. The number of aliphatic hydroxyl groups excluding tert-OH is 1. The summed E-state index contributed by atoms with van der Waals surface area (Å²) < 4.78 is 11.2. The van der Waals surface area contributed by atoms with E-state index in [0.29, 0.717) is 30.2 Å². The van der Waals surface area contributed by atoms with Crippen molar-refractivity contribution in [3.05, 3.63) is 89.0 Å². The van der Waals surface area contributed by atoms with E-state index >= 15 is 0 Å². The highest BCUT2D eigenvalue weighted by atomic mass is 16.5. The third kappa shape index (κ3) is 3.37. The first-order valence-electron chi connectivity index (χ1n) is 11.8. The zero-order valence-corrected chi connectivity index (χ0v) is 19.9. The molecule has 1 saturated heterocycles. The number of aromatic amines is 1. The van der Waals surface area contributed by atoms with E-state index < -0.39 is 17.7 Å². The molecule has 6 rings (SSSR count). The Kier molecular flexibility index (Phi) is 5.10. The predicted molar refractivity (Wildman–Crippen MR) is 135 cm³/mol. The van der Waals surface area contributed by atoms with Gasteiger partial charge in [-0.25, -0.2) is 0 Å². The summed E-state index contributed by atoms with van der Waals surface area (Å²) in [7, 11) is 1.95. The molecule has 2 aliphatic heterocycles. The number of ketones is 1. The Balaban J connectivity index is 1.56. The number of likely N-dealkylation sites (N-methyl/N-ethyl adjacent to an activating group) is 1. The van der Waals surface area contributed by atoms with Crippen molar-refractivity contribution in [1.82, 2.24) is 9.88 Å². The number of nitrogens with one attached hydrogen (secondary N) is 1. The summed E-state index contributed by atoms with van der Waals surface area (Å²) in [5.74, 6) is -0.363. The van der Waals surface area contributed by atoms with Crippen LogP contribution in [-0.2, 0) is 16.1 Å². The van der Waals surface area contributed by atoms with Crippen LogP contribution >= 0.6 is 0 Å². The van der Waals surface area contributed by atoms with Crippen molar-refractivity contribution in [2.75, 3.05) is 25.1 Å². The second-order valence-electron chi connectivity index (χ2n) is 9.17. The van der Waals surface area contributed by atoms with Gasteiger partial charge in [-0.15, -0.1) is 0 Å². The second kappa shape index (κ2) is 8.34. The molecule has 1 fully saturated rings. The Bertz CT molecular complexity index is 1530. The maximum atomic E-state index is 13.5. The molecule has 0 saturated carbocycles. The molecule has 0 spiro atoms. The molecule has 36 heavy (non-hydrogen) atoms. The van der Waals surface area contributed by atoms with E-state index in [2.05, 4.69) is 4.98 Å². The number of benzene rings is 2. The Morgan fingerprint density at radius 1 is 1.14 bits per heavy atom. The quantitative estimate of drug-likeness (QED) is 0.252. The van der Waals surface area contributed by atoms with Gasteiger partial charge < -0.3 is 29.0 Å². The first-order valence-corrected chi connectivity index (χ1v) is 11.8. The number of Topliss-reactive ketones (excluding diaryl/α,β-unsaturated/α-hetero) is 1. The van der Waals surface area contributed by atoms with Crippen molar-refractivity contribution in [1.29, 1.82) is 0 Å². The van der Waals surface area contributed by atoms with Crippen LogP contribution in [0, 0.1) is 6.92 Å². The number of H-pyrrole nitrogens is 1. The minimum absolute atomic E-state index is 0.0544. The number of likely N-dealkylation sites (tertiary alicyclic amines) is 1. The maximum Gasteiger partial charge on any atom is 0.296 e. The standard InChI is InChI=1S/C28H25N3O5/c1-16-23(19-7-3-4-8-20(19)29-16)25-24(27(33)28(34)31(25)15-18-6-5-12-35-18)26(32)17-9-10-22-21(14-17)30(2)11-13-36-22/h3-10,12,14,25,29,32H,11,13,15H2,1-2H3/b26-24+. The first-order chi connectivity index (χ1) is 17.4. The molecule has 8 heteroatoms. The van der Waals surface area contributed by atoms with Crippen LogP contribution in [0.15, 0.2) is 70.9 Å². The van der Waals surface area contributed by atoms with Crippen LogP contribution in [0.1, 0.15) is 28.6 Å². The Morgan fingerprint density at radius 3 is 2.78 bits per heavy atom. The van der Waals surface area contributed by atoms with Crippen LogP contribution in [0.25, 0.3) is 16.7 Å². The number of fused-ring (bicyclic) bond motifs is 2. The van der Waals surface area contributed by atoms with Gasteiger partial charge in [0.2, 0.25) is 0 Å². The predicted octanol–water partition coefficient (Wildman–Crippen LogP) is 4.52. The molecule has 2 aliphatic rings. The van der Waals surface area contributed by atoms with Gasteiger partial charge >= 0.3 is 0 Å². The zero-order valence-electron chi connectivity index (χ0n) is 19.9. The van der Waals surface area contributed by atoms with Crippen LogP contribution in [0.5, 0.6) is 5.75 Å². The van der Waals surface area contributed by atoms with Gasteiger partial charge in [0.25, 0.3) is 11.7 Å². The van der Waals surface area contributed by atoms with Crippen LogP contribution in [0.3, 0.4) is 0 Å². The lowest BCUT2D eigenvalue weighted by atomic mass is 9.93. The minimum Gasteiger partial charge on any atom is -0.507 e. The van der Waals surface area contributed by atoms with E-state index in [-0.39, 0.29) is 17.9 Å². The SMILES string of the molecule is Cc1[nH]c2ccccc2c1C1/C(=C(\O)c2ccc3c(c2)N(C)CCO3)C(=O)C(=O)N1Cc1ccco1. The number of aromatic nitrogens is 1. The molecule has 1 amide bonds. The summed E-state index contributed by atoms with van der Waals surface area (Å²) >= 11 is 0. The molecule has 2 N–H and O–H groups in total. The lowest BCUT2D eigenvalue weighted by Gasteiger charge is -2.28. The molecule has 8 nitrogen and oxygen atoms in total. The molecule has 2 aromatic carbocycles. The number of anilines is 1. The average Bonchev–Trinajstić information content (AvgIpc) is 3.57. The molecule has 2 aromatic heterocycles. The number of carbonyl (C=O) groups excluding carboxylic acids is 2. The molecule has 182 valence electrons. The second-order valence-corrected chi connectivity index (χ2v) is 9.17. The molecule has 4 aromatic rings. The van der Waals surface area contributed by atoms with Crippen molar-refractivity contribution >= 4 is 34.0 Å². The van der Waals surface area contributed by atoms with E-state index in [1.54, 1.807) is 30.3 Å². The average molecular weight is 484 g/mol. The summed E-state index contributed by atoms with van der Waals surface area (Å²) in [6.45, 7) is 3.29. The van der Waals surface area contributed by atoms with E-state index in [9.17, 15) is 14.7 Å². The Labute approximate surface area is 207 Å². The topological polar surface area (TPSA) is 99.0 Å². The highest BCUT2D eigenvalue weighted by Gasteiger charge is 2.47. The third-order valence-electron chi connectivity index (χ3n) is 6.99. The fourth-order valence-corrected chi connectivity index (χ4v) is 5.22. The minimum atomic E-state index is -0.795. The van der Waals surface area contributed by atoms with Crippen molar-refractivity contribution in [2.24, 2.45) is 0 Å². The van der Waals surface area contributed by atoms with Gasteiger partial charge in [0.05, 0.1) is 36.7 Å². The van der Waals surface area contributed by atoms with Gasteiger partial charge in [-0.2, -0.15) is 0 Å². The number of amides is 1. The molecule has 0 bridgehead atoms. The number of rotatable bonds is 4. The Hall–Kier alpha value is -4.46. The lowest BCUT2D eigenvalue weighted by Crippen LogP contribution is -2.29. The molecular weight excluding hydrogens is 458 g/mol. The van der Waals surface area contributed by atoms with Crippen LogP contribution < -0.4 is 9.64 Å². The van der Waals surface area contributed by atoms with E-state index in [1.807, 2.05) is 43.1 Å². The summed E-state index contributed by atoms with van der Waals surface area (Å²) in [4.78, 5) is 33.7. The van der Waals surface area contributed by atoms with Crippen molar-refractivity contribution in [3.63, 3.8) is 0 Å². The van der Waals surface area contributed by atoms with Gasteiger partial charge in [0.15, 0.2) is 0 Å². The van der Waals surface area contributed by atoms with Crippen molar-refractivity contribution < 1.29 is 23.8 Å². The van der Waals surface area contributed by atoms with Crippen LogP contribution in [0.4, 0.5) is 5.69 Å². The first kappa shape index (κ1) is 22.0. The van der Waals surface area contributed by atoms with Gasteiger partial charge in [-0.1, -0.05) is 18.2 Å². The van der Waals surface area contributed by atoms with Gasteiger partial charge in [-0.3, -0.25) is 9.59 Å². The number of nitrogens with zero attached hydrogens (tertiary/aromatic N) is 2. The smallest absolute Gasteiger partial charge is 0.296 e. The maximum absolute atomic E-state index is 13.5. The number of carbonyl (C=O) groups is 2. The molecular formula is C28H25N3O5. The summed E-state index contributed by atoms with van der Waals surface area (Å²) in [6.07, 6.45) is 1.53. The van der Waals surface area contributed by atoms with Crippen LogP contribution in [0.2, 0.25) is 0 Å². The number of ether oxygens (including phenoxy) is 1. The molecule has 0 aliphatic carbocycles. The number of aliphatic hydroxyl groups is 1. The van der Waals surface area contributed by atoms with Crippen molar-refractivity contribution in [3.8, 4) is 5.75 Å². The monoisotopic (exact) mass is 483 g/mol. The zero-order chi connectivity index (χ0) is 25.0. The molecule has 1 unspecified atom stereocenters. The van der Waals surface area contributed by atoms with Gasteiger partial charge in [0, 0.05) is 34.8 Å².